The van der Waals surface area contributed by atoms with Gasteiger partial charge in [0.05, 0.1) is 15.7 Å². The van der Waals surface area contributed by atoms with Gasteiger partial charge < -0.3 is 10.2 Å². The van der Waals surface area contributed by atoms with E-state index in [0.29, 0.717) is 56.3 Å². The third-order valence-electron chi connectivity index (χ3n) is 6.43. The zero-order valence-electron chi connectivity index (χ0n) is 19.4. The molecule has 9 nitrogen and oxygen atoms in total. The lowest BCUT2D eigenvalue weighted by Gasteiger charge is -2.31. The van der Waals surface area contributed by atoms with E-state index in [2.05, 4.69) is 10.2 Å². The van der Waals surface area contributed by atoms with E-state index in [-0.39, 0.29) is 22.2 Å². The van der Waals surface area contributed by atoms with Crippen molar-refractivity contribution in [2.75, 3.05) is 51.6 Å². The molecule has 0 bridgehead atoms. The van der Waals surface area contributed by atoms with Crippen molar-refractivity contribution in [3.63, 3.8) is 0 Å². The molecule has 0 radical (unpaired) electrons. The number of amides is 1. The van der Waals surface area contributed by atoms with Crippen LogP contribution in [0.15, 0.2) is 58.3 Å². The third-order valence-corrected chi connectivity index (χ3v) is 10.5. The van der Waals surface area contributed by atoms with E-state index in [0.717, 1.165) is 0 Å². The SMILES string of the molecule is CN1CCN(S(=O)(=O)c2ccc(NC(=O)[C@H]3CCCN(S(=O)(=O)c4ccc(Cl)cc4)C3)cc2)CC1. The highest BCUT2D eigenvalue weighted by atomic mass is 35.5. The highest BCUT2D eigenvalue weighted by Crippen LogP contribution is 2.26. The van der Waals surface area contributed by atoms with Crippen LogP contribution in [0.5, 0.6) is 0 Å². The van der Waals surface area contributed by atoms with Crippen LogP contribution in [0.25, 0.3) is 0 Å². The molecular formula is C23H29ClN4O5S2. The maximum absolute atomic E-state index is 13.0. The van der Waals surface area contributed by atoms with Gasteiger partial charge in [0.2, 0.25) is 26.0 Å². The van der Waals surface area contributed by atoms with Gasteiger partial charge in [-0.1, -0.05) is 11.6 Å². The minimum atomic E-state index is -3.73. The summed E-state index contributed by atoms with van der Waals surface area (Å²) < 4.78 is 54.6. The van der Waals surface area contributed by atoms with Crippen molar-refractivity contribution in [3.05, 3.63) is 53.6 Å². The van der Waals surface area contributed by atoms with E-state index in [1.54, 1.807) is 12.1 Å². The molecule has 35 heavy (non-hydrogen) atoms. The van der Waals surface area contributed by atoms with Crippen molar-refractivity contribution in [1.29, 1.82) is 0 Å². The van der Waals surface area contributed by atoms with Gasteiger partial charge in [-0.25, -0.2) is 16.8 Å². The second-order valence-electron chi connectivity index (χ2n) is 8.88. The predicted molar refractivity (Wildman–Crippen MR) is 134 cm³/mol. The molecule has 2 aromatic rings. The molecule has 0 unspecified atom stereocenters. The number of halogens is 1. The van der Waals surface area contributed by atoms with Crippen molar-refractivity contribution in [2.45, 2.75) is 22.6 Å². The number of piperidine rings is 1. The van der Waals surface area contributed by atoms with Crippen molar-refractivity contribution in [1.82, 2.24) is 13.5 Å². The largest absolute Gasteiger partial charge is 0.326 e. The average Bonchev–Trinajstić information content (AvgIpc) is 2.85. The molecule has 1 N–H and O–H groups in total. The Kier molecular flexibility index (Phi) is 7.84. The van der Waals surface area contributed by atoms with Gasteiger partial charge in [-0.15, -0.1) is 0 Å². The first kappa shape index (κ1) is 26.1. The highest BCUT2D eigenvalue weighted by molar-refractivity contribution is 7.89. The fraction of sp³-hybridized carbons (Fsp3) is 0.435. The van der Waals surface area contributed by atoms with Crippen LogP contribution >= 0.6 is 11.6 Å². The standard InChI is InChI=1S/C23H29ClN4O5S2/c1-26-13-15-27(16-14-26)34(30,31)22-10-6-20(7-11-22)25-23(29)18-3-2-12-28(17-18)35(32,33)21-8-4-19(24)5-9-21/h4-11,18H,2-3,12-17H2,1H3,(H,25,29)/t18-/m0/s1. The minimum Gasteiger partial charge on any atom is -0.326 e. The maximum Gasteiger partial charge on any atom is 0.243 e. The molecule has 2 heterocycles. The van der Waals surface area contributed by atoms with Gasteiger partial charge in [-0.2, -0.15) is 8.61 Å². The van der Waals surface area contributed by atoms with E-state index >= 15 is 0 Å². The number of likely N-dealkylation sites (N-methyl/N-ethyl adjacent to an activating group) is 1. The van der Waals surface area contributed by atoms with Gasteiger partial charge in [0, 0.05) is 50.0 Å². The van der Waals surface area contributed by atoms with Gasteiger partial charge in [0.25, 0.3) is 0 Å². The predicted octanol–water partition coefficient (Wildman–Crippen LogP) is 2.32. The van der Waals surface area contributed by atoms with E-state index in [1.807, 2.05) is 7.05 Å². The van der Waals surface area contributed by atoms with Crippen LogP contribution in [-0.2, 0) is 24.8 Å². The first-order valence-electron chi connectivity index (χ1n) is 11.4. The zero-order valence-corrected chi connectivity index (χ0v) is 21.8. The Balaban J connectivity index is 1.40. The molecule has 190 valence electrons. The molecule has 12 heteroatoms. The molecule has 0 spiro atoms. The molecule has 2 aliphatic rings. The number of hydrogen-bond donors (Lipinski definition) is 1. The summed E-state index contributed by atoms with van der Waals surface area (Å²) in [4.78, 5) is 15.3. The summed E-state index contributed by atoms with van der Waals surface area (Å²) in [5, 5.41) is 3.25. The van der Waals surface area contributed by atoms with Gasteiger partial charge in [0.1, 0.15) is 0 Å². The van der Waals surface area contributed by atoms with Crippen molar-refractivity contribution >= 4 is 43.2 Å². The number of benzene rings is 2. The summed E-state index contributed by atoms with van der Waals surface area (Å²) in [6.45, 7) is 2.65. The number of carbonyl (C=O) groups excluding carboxylic acids is 1. The van der Waals surface area contributed by atoms with Crippen LogP contribution in [0, 0.1) is 5.92 Å². The summed E-state index contributed by atoms with van der Waals surface area (Å²) in [7, 11) is -5.37. The highest BCUT2D eigenvalue weighted by Gasteiger charge is 2.33. The smallest absolute Gasteiger partial charge is 0.243 e. The van der Waals surface area contributed by atoms with Gasteiger partial charge in [0.15, 0.2) is 0 Å². The lowest BCUT2D eigenvalue weighted by atomic mass is 9.99. The molecular weight excluding hydrogens is 512 g/mol. The number of nitrogens with zero attached hydrogens (tertiary/aromatic N) is 3. The number of sulfonamides is 2. The molecule has 1 amide bonds. The molecule has 2 fully saturated rings. The summed E-state index contributed by atoms with van der Waals surface area (Å²) >= 11 is 5.87. The van der Waals surface area contributed by atoms with Crippen LogP contribution in [-0.4, -0.2) is 82.6 Å². The lowest BCUT2D eigenvalue weighted by molar-refractivity contribution is -0.120. The monoisotopic (exact) mass is 540 g/mol. The maximum atomic E-state index is 13.0. The van der Waals surface area contributed by atoms with Crippen LogP contribution in [0.1, 0.15) is 12.8 Å². The van der Waals surface area contributed by atoms with E-state index in [4.69, 9.17) is 11.6 Å². The summed E-state index contributed by atoms with van der Waals surface area (Å²) in [5.74, 6) is -0.810. The van der Waals surface area contributed by atoms with Gasteiger partial charge in [-0.05, 0) is 68.4 Å². The van der Waals surface area contributed by atoms with Crippen molar-refractivity contribution in [2.24, 2.45) is 5.92 Å². The first-order valence-corrected chi connectivity index (χ1v) is 14.7. The molecule has 1 atom stereocenters. The molecule has 0 saturated carbocycles. The summed E-state index contributed by atoms with van der Waals surface area (Å²) in [5.41, 5.74) is 0.463. The fourth-order valence-corrected chi connectivity index (χ4v) is 7.33. The number of hydrogen-bond acceptors (Lipinski definition) is 6. The van der Waals surface area contributed by atoms with E-state index in [1.165, 1.54) is 45.0 Å². The Morgan fingerprint density at radius 2 is 1.37 bits per heavy atom. The normalized spacial score (nSPS) is 21.0. The Hall–Kier alpha value is -2.02. The Morgan fingerprint density at radius 3 is 1.97 bits per heavy atom. The lowest BCUT2D eigenvalue weighted by Crippen LogP contribution is -2.47. The van der Waals surface area contributed by atoms with Crippen LogP contribution in [0.4, 0.5) is 5.69 Å². The van der Waals surface area contributed by atoms with Crippen LogP contribution < -0.4 is 5.32 Å². The molecule has 2 aromatic carbocycles. The number of carbonyl (C=O) groups is 1. The number of nitrogens with one attached hydrogen (secondary N) is 1. The quantitative estimate of drug-likeness (QED) is 0.602. The molecule has 0 aliphatic carbocycles. The number of rotatable bonds is 6. The van der Waals surface area contributed by atoms with Crippen LogP contribution in [0.3, 0.4) is 0 Å². The first-order chi connectivity index (χ1) is 16.6. The fourth-order valence-electron chi connectivity index (χ4n) is 4.26. The molecule has 0 aromatic heterocycles. The van der Waals surface area contributed by atoms with Gasteiger partial charge >= 0.3 is 0 Å². The molecule has 2 saturated heterocycles. The number of piperazine rings is 1. The Labute approximate surface area is 211 Å². The zero-order chi connectivity index (χ0) is 25.2. The Morgan fingerprint density at radius 1 is 0.829 bits per heavy atom. The van der Waals surface area contributed by atoms with Crippen LogP contribution in [0.2, 0.25) is 5.02 Å². The van der Waals surface area contributed by atoms with Crippen molar-refractivity contribution < 1.29 is 21.6 Å². The summed E-state index contributed by atoms with van der Waals surface area (Å²) in [6, 6.07) is 12.1. The Bertz CT molecular complexity index is 1260. The second-order valence-corrected chi connectivity index (χ2v) is 13.2. The minimum absolute atomic E-state index is 0.0761. The third kappa shape index (κ3) is 5.87. The molecule has 4 rings (SSSR count). The molecule has 2 aliphatic heterocycles. The average molecular weight is 541 g/mol. The van der Waals surface area contributed by atoms with E-state index < -0.39 is 26.0 Å². The topological polar surface area (TPSA) is 107 Å². The second kappa shape index (κ2) is 10.5. The van der Waals surface area contributed by atoms with E-state index in [9.17, 15) is 21.6 Å². The summed E-state index contributed by atoms with van der Waals surface area (Å²) in [6.07, 6.45) is 1.13. The van der Waals surface area contributed by atoms with Gasteiger partial charge in [-0.3, -0.25) is 4.79 Å². The number of anilines is 1. The van der Waals surface area contributed by atoms with Crippen molar-refractivity contribution in [3.8, 4) is 0 Å².